The average molecular weight is 522 g/mol. The second kappa shape index (κ2) is 11.4. The van der Waals surface area contributed by atoms with Crippen molar-refractivity contribution in [1.82, 2.24) is 25.3 Å². The quantitative estimate of drug-likeness (QED) is 0.364. The van der Waals surface area contributed by atoms with Gasteiger partial charge < -0.3 is 20.8 Å². The lowest BCUT2D eigenvalue weighted by molar-refractivity contribution is 0.457. The van der Waals surface area contributed by atoms with Crippen LogP contribution >= 0.6 is 12.4 Å². The van der Waals surface area contributed by atoms with Crippen LogP contribution in [0.5, 0.6) is 0 Å². The number of halogens is 2. The first-order valence-corrected chi connectivity index (χ1v) is 12.4. The second-order valence-electron chi connectivity index (χ2n) is 7.79. The number of nitrogen functional groups attached to an aromatic ring is 1. The van der Waals surface area contributed by atoms with Crippen LogP contribution in [0, 0.1) is 5.82 Å². The number of nitrogens with one attached hydrogen (secondary N) is 2. The van der Waals surface area contributed by atoms with Crippen molar-refractivity contribution in [3.8, 4) is 0 Å². The lowest BCUT2D eigenvalue weighted by atomic mass is 9.91. The van der Waals surface area contributed by atoms with Crippen LogP contribution in [0.2, 0.25) is 0 Å². The number of fused-ring (bicyclic) bond motifs is 1. The molecule has 0 radical (unpaired) electrons. The van der Waals surface area contributed by atoms with E-state index < -0.39 is 15.7 Å². The zero-order valence-electron chi connectivity index (χ0n) is 18.8. The summed E-state index contributed by atoms with van der Waals surface area (Å²) in [6.07, 6.45) is 9.16. The van der Waals surface area contributed by atoms with Gasteiger partial charge in [-0.3, -0.25) is 0 Å². The summed E-state index contributed by atoms with van der Waals surface area (Å²) in [5, 5.41) is 6.21. The van der Waals surface area contributed by atoms with Gasteiger partial charge in [-0.1, -0.05) is 0 Å². The van der Waals surface area contributed by atoms with Gasteiger partial charge in [0.15, 0.2) is 21.2 Å². The van der Waals surface area contributed by atoms with Gasteiger partial charge >= 0.3 is 0 Å². The fourth-order valence-corrected chi connectivity index (χ4v) is 4.27. The number of hydrogen-bond acceptors (Lipinski definition) is 10. The molecule has 35 heavy (non-hydrogen) atoms. The predicted octanol–water partition coefficient (Wildman–Crippen LogP) is 3.46. The van der Waals surface area contributed by atoms with Gasteiger partial charge in [-0.05, 0) is 56.1 Å². The van der Waals surface area contributed by atoms with Crippen molar-refractivity contribution >= 4 is 50.7 Å². The summed E-state index contributed by atoms with van der Waals surface area (Å²) in [4.78, 5) is 15.7. The summed E-state index contributed by atoms with van der Waals surface area (Å²) in [5.74, 6) is 0.525. The molecule has 10 nitrogen and oxygen atoms in total. The summed E-state index contributed by atoms with van der Waals surface area (Å²) in [5.41, 5.74) is 7.52. The monoisotopic (exact) mass is 521 g/mol. The molecule has 1 aliphatic heterocycles. The average Bonchev–Trinajstić information content (AvgIpc) is 3.26. The first kappa shape index (κ1) is 26.3. The topological polar surface area (TPSA) is 149 Å². The summed E-state index contributed by atoms with van der Waals surface area (Å²) in [7, 11) is -3.48. The van der Waals surface area contributed by atoms with Crippen molar-refractivity contribution in [3.05, 3.63) is 60.8 Å². The van der Waals surface area contributed by atoms with Crippen LogP contribution in [-0.2, 0) is 9.84 Å². The molecule has 1 aliphatic rings. The Morgan fingerprint density at radius 1 is 1.14 bits per heavy atom. The fourth-order valence-electron chi connectivity index (χ4n) is 3.64. The van der Waals surface area contributed by atoms with E-state index in [1.165, 1.54) is 24.8 Å². The SMILES string of the molecule is CS(=O)(=O)c1ccc(Nc2ncnc3c(C4CCNCC4)coc23)c(F)c1.Cl.Nc1ccncn1. The molecule has 0 saturated carbocycles. The molecule has 4 heterocycles. The predicted molar refractivity (Wildman–Crippen MR) is 133 cm³/mol. The van der Waals surface area contributed by atoms with Crippen molar-refractivity contribution < 1.29 is 17.2 Å². The van der Waals surface area contributed by atoms with Gasteiger partial charge in [-0.15, -0.1) is 12.4 Å². The first-order valence-electron chi connectivity index (χ1n) is 10.5. The maximum atomic E-state index is 14.4. The van der Waals surface area contributed by atoms with Gasteiger partial charge in [0.2, 0.25) is 0 Å². The number of piperidine rings is 1. The van der Waals surface area contributed by atoms with Gasteiger partial charge in [0, 0.05) is 18.0 Å². The Morgan fingerprint density at radius 3 is 2.51 bits per heavy atom. The van der Waals surface area contributed by atoms with E-state index in [2.05, 4.69) is 30.6 Å². The highest BCUT2D eigenvalue weighted by molar-refractivity contribution is 7.90. The number of rotatable bonds is 4. The number of furan rings is 1. The standard InChI is InChI=1S/C18H19FN4O3S.C4H5N3.ClH/c1-27(24,25)12-2-3-15(14(19)8-12)23-18-17-16(21-10-22-18)13(9-26-17)11-4-6-20-7-5-11;5-4-1-2-6-3-7-4;/h2-3,8-11,20H,4-7H2,1H3,(H,21,22,23);1-3H,(H2,5,6,7);1H. The normalized spacial score (nSPS) is 14.0. The minimum Gasteiger partial charge on any atom is -0.458 e. The summed E-state index contributed by atoms with van der Waals surface area (Å²) in [6.45, 7) is 1.90. The Hall–Kier alpha value is -3.35. The van der Waals surface area contributed by atoms with Crippen LogP contribution in [0.15, 0.2) is 58.7 Å². The second-order valence-corrected chi connectivity index (χ2v) is 9.80. The van der Waals surface area contributed by atoms with E-state index in [-0.39, 0.29) is 23.0 Å². The lowest BCUT2D eigenvalue weighted by Gasteiger charge is -2.21. The maximum Gasteiger partial charge on any atom is 0.195 e. The molecule has 1 fully saturated rings. The zero-order valence-corrected chi connectivity index (χ0v) is 20.4. The Morgan fingerprint density at radius 2 is 1.91 bits per heavy atom. The van der Waals surface area contributed by atoms with E-state index in [0.29, 0.717) is 28.7 Å². The highest BCUT2D eigenvalue weighted by Gasteiger charge is 2.22. The summed E-state index contributed by atoms with van der Waals surface area (Å²) < 4.78 is 43.2. The molecule has 0 aliphatic carbocycles. The van der Waals surface area contributed by atoms with Crippen LogP contribution in [0.3, 0.4) is 0 Å². The Bertz CT molecular complexity index is 1380. The molecular formula is C22H25ClFN7O3S. The van der Waals surface area contributed by atoms with Gasteiger partial charge in [0.05, 0.1) is 16.8 Å². The molecule has 4 N–H and O–H groups in total. The summed E-state index contributed by atoms with van der Waals surface area (Å²) >= 11 is 0. The molecule has 1 aromatic carbocycles. The Balaban J connectivity index is 0.000000370. The van der Waals surface area contributed by atoms with Crippen LogP contribution in [0.25, 0.3) is 11.1 Å². The third-order valence-corrected chi connectivity index (χ3v) is 6.50. The highest BCUT2D eigenvalue weighted by Crippen LogP contribution is 2.35. The van der Waals surface area contributed by atoms with E-state index in [1.807, 2.05) is 0 Å². The molecule has 186 valence electrons. The molecule has 5 rings (SSSR count). The molecule has 0 atom stereocenters. The third-order valence-electron chi connectivity index (χ3n) is 5.39. The van der Waals surface area contributed by atoms with E-state index in [0.717, 1.165) is 43.8 Å². The smallest absolute Gasteiger partial charge is 0.195 e. The Kier molecular flexibility index (Phi) is 8.54. The lowest BCUT2D eigenvalue weighted by Crippen LogP contribution is -2.26. The van der Waals surface area contributed by atoms with E-state index in [9.17, 15) is 12.8 Å². The highest BCUT2D eigenvalue weighted by atomic mass is 35.5. The van der Waals surface area contributed by atoms with Crippen molar-refractivity contribution in [2.45, 2.75) is 23.7 Å². The molecule has 3 aromatic heterocycles. The fraction of sp³-hybridized carbons (Fsp3) is 0.273. The van der Waals surface area contributed by atoms with Crippen molar-refractivity contribution in [1.29, 1.82) is 0 Å². The molecule has 0 bridgehead atoms. The van der Waals surface area contributed by atoms with Gasteiger partial charge in [-0.2, -0.15) is 0 Å². The van der Waals surface area contributed by atoms with E-state index >= 15 is 0 Å². The van der Waals surface area contributed by atoms with Crippen LogP contribution < -0.4 is 16.4 Å². The van der Waals surface area contributed by atoms with Gasteiger partial charge in [0.25, 0.3) is 0 Å². The van der Waals surface area contributed by atoms with E-state index in [1.54, 1.807) is 18.5 Å². The molecular weight excluding hydrogens is 497 g/mol. The number of anilines is 3. The number of sulfone groups is 1. The molecule has 0 unspecified atom stereocenters. The van der Waals surface area contributed by atoms with Gasteiger partial charge in [0.1, 0.15) is 29.8 Å². The Labute approximate surface area is 207 Å². The molecule has 1 saturated heterocycles. The first-order chi connectivity index (χ1) is 16.3. The number of aromatic nitrogens is 4. The minimum atomic E-state index is -3.48. The summed E-state index contributed by atoms with van der Waals surface area (Å²) in [6, 6.07) is 5.34. The minimum absolute atomic E-state index is 0. The molecule has 4 aromatic rings. The van der Waals surface area contributed by atoms with Crippen molar-refractivity contribution in [2.75, 3.05) is 30.4 Å². The molecule has 0 amide bonds. The molecule has 13 heteroatoms. The zero-order chi connectivity index (χ0) is 24.1. The van der Waals surface area contributed by atoms with E-state index in [4.69, 9.17) is 10.2 Å². The number of nitrogens with zero attached hydrogens (tertiary/aromatic N) is 4. The van der Waals surface area contributed by atoms with Crippen LogP contribution in [0.4, 0.5) is 21.7 Å². The van der Waals surface area contributed by atoms with Crippen molar-refractivity contribution in [2.24, 2.45) is 0 Å². The largest absolute Gasteiger partial charge is 0.458 e. The third kappa shape index (κ3) is 6.41. The molecule has 0 spiro atoms. The van der Waals surface area contributed by atoms with Crippen LogP contribution in [-0.4, -0.2) is 47.7 Å². The van der Waals surface area contributed by atoms with Crippen molar-refractivity contribution in [3.63, 3.8) is 0 Å². The van der Waals surface area contributed by atoms with Gasteiger partial charge in [-0.25, -0.2) is 32.7 Å². The number of benzene rings is 1. The number of nitrogens with two attached hydrogens (primary N) is 1. The number of hydrogen-bond donors (Lipinski definition) is 3. The maximum absolute atomic E-state index is 14.4. The van der Waals surface area contributed by atoms with Crippen LogP contribution in [0.1, 0.15) is 24.3 Å².